The molecule has 0 bridgehead atoms. The predicted molar refractivity (Wildman–Crippen MR) is 58.8 cm³/mol. The van der Waals surface area contributed by atoms with Gasteiger partial charge in [-0.2, -0.15) is 13.2 Å². The lowest BCUT2D eigenvalue weighted by Crippen LogP contribution is -2.37. The number of hydrogen-bond donors (Lipinski definition) is 1. The molecule has 0 unspecified atom stereocenters. The van der Waals surface area contributed by atoms with Crippen molar-refractivity contribution < 1.29 is 13.2 Å². The Bertz CT molecular complexity index is 324. The van der Waals surface area contributed by atoms with E-state index in [1.807, 2.05) is 6.92 Å². The van der Waals surface area contributed by atoms with Crippen LogP contribution in [0.2, 0.25) is 0 Å². The zero-order valence-electron chi connectivity index (χ0n) is 8.92. The maximum Gasteiger partial charge on any atom is 0.406 e. The molecular formula is C9H14F3N3S. The number of anilines is 1. The van der Waals surface area contributed by atoms with Gasteiger partial charge in [-0.3, -0.25) is 0 Å². The van der Waals surface area contributed by atoms with Crippen molar-refractivity contribution in [1.29, 1.82) is 0 Å². The summed E-state index contributed by atoms with van der Waals surface area (Å²) in [7, 11) is 0. The zero-order chi connectivity index (χ0) is 12.2. The Morgan fingerprint density at radius 1 is 1.50 bits per heavy atom. The zero-order valence-corrected chi connectivity index (χ0v) is 9.74. The van der Waals surface area contributed by atoms with E-state index in [0.717, 1.165) is 12.1 Å². The molecule has 1 aromatic rings. The summed E-state index contributed by atoms with van der Waals surface area (Å²) < 4.78 is 36.9. The monoisotopic (exact) mass is 253 g/mol. The Morgan fingerprint density at radius 2 is 2.19 bits per heavy atom. The highest BCUT2D eigenvalue weighted by Gasteiger charge is 2.31. The van der Waals surface area contributed by atoms with Gasteiger partial charge >= 0.3 is 6.18 Å². The van der Waals surface area contributed by atoms with E-state index >= 15 is 0 Å². The quantitative estimate of drug-likeness (QED) is 0.873. The van der Waals surface area contributed by atoms with Crippen LogP contribution < -0.4 is 10.6 Å². The van der Waals surface area contributed by atoms with Crippen molar-refractivity contribution in [3.05, 3.63) is 11.1 Å². The second-order valence-electron chi connectivity index (χ2n) is 3.30. The summed E-state index contributed by atoms with van der Waals surface area (Å²) in [6.07, 6.45) is -3.51. The largest absolute Gasteiger partial charge is 0.406 e. The topological polar surface area (TPSA) is 42.1 Å². The third-order valence-corrected chi connectivity index (χ3v) is 2.89. The average molecular weight is 253 g/mol. The maximum absolute atomic E-state index is 12.3. The number of nitrogens with two attached hydrogens (primary N) is 1. The molecular weight excluding hydrogens is 239 g/mol. The summed E-state index contributed by atoms with van der Waals surface area (Å²) in [4.78, 5) is 5.29. The van der Waals surface area contributed by atoms with Gasteiger partial charge in [0.25, 0.3) is 0 Å². The summed E-state index contributed by atoms with van der Waals surface area (Å²) in [5.41, 5.74) is 6.10. The summed E-state index contributed by atoms with van der Waals surface area (Å²) in [6.45, 7) is 1.25. The van der Waals surface area contributed by atoms with Crippen LogP contribution in [0.4, 0.5) is 18.3 Å². The fraction of sp³-hybridized carbons (Fsp3) is 0.667. The first kappa shape index (κ1) is 13.2. The Labute approximate surface area is 96.1 Å². The van der Waals surface area contributed by atoms with Gasteiger partial charge in [-0.25, -0.2) is 4.98 Å². The number of thiazole rings is 1. The molecule has 3 nitrogen and oxygen atoms in total. The Kier molecular flexibility index (Phi) is 4.55. The number of halogens is 3. The van der Waals surface area contributed by atoms with Crippen molar-refractivity contribution in [2.45, 2.75) is 19.5 Å². The number of aromatic nitrogens is 1. The third-order valence-electron chi connectivity index (χ3n) is 1.94. The van der Waals surface area contributed by atoms with Crippen LogP contribution in [0.25, 0.3) is 0 Å². The molecule has 0 aliphatic heterocycles. The molecule has 0 fully saturated rings. The molecule has 0 aliphatic rings. The van der Waals surface area contributed by atoms with Gasteiger partial charge in [0.1, 0.15) is 6.54 Å². The Balaban J connectivity index is 2.76. The van der Waals surface area contributed by atoms with Gasteiger partial charge in [-0.15, -0.1) is 11.3 Å². The van der Waals surface area contributed by atoms with E-state index in [-0.39, 0.29) is 13.1 Å². The van der Waals surface area contributed by atoms with Gasteiger partial charge in [0, 0.05) is 18.5 Å². The number of hydrogen-bond acceptors (Lipinski definition) is 4. The molecule has 0 saturated heterocycles. The van der Waals surface area contributed by atoms with Crippen molar-refractivity contribution >= 4 is 16.5 Å². The summed E-state index contributed by atoms with van der Waals surface area (Å²) >= 11 is 1.22. The Morgan fingerprint density at radius 3 is 2.62 bits per heavy atom. The third kappa shape index (κ3) is 3.97. The molecule has 7 heteroatoms. The van der Waals surface area contributed by atoms with Crippen molar-refractivity contribution in [2.24, 2.45) is 5.73 Å². The molecule has 0 radical (unpaired) electrons. The summed E-state index contributed by atoms with van der Waals surface area (Å²) in [5.74, 6) is 0. The van der Waals surface area contributed by atoms with Crippen LogP contribution in [-0.2, 0) is 6.42 Å². The normalized spacial score (nSPS) is 11.8. The minimum absolute atomic E-state index is 0.163. The Hall–Kier alpha value is -0.820. The minimum atomic E-state index is -4.23. The van der Waals surface area contributed by atoms with E-state index in [9.17, 15) is 13.2 Å². The summed E-state index contributed by atoms with van der Waals surface area (Å²) in [5, 5.41) is 2.16. The van der Waals surface area contributed by atoms with Crippen LogP contribution in [0.1, 0.15) is 12.6 Å². The highest BCUT2D eigenvalue weighted by Crippen LogP contribution is 2.25. The first-order chi connectivity index (χ1) is 7.46. The molecule has 0 spiro atoms. The van der Waals surface area contributed by atoms with E-state index in [1.165, 1.54) is 16.2 Å². The number of nitrogens with zero attached hydrogens (tertiary/aromatic N) is 2. The molecule has 1 rings (SSSR count). The SMILES string of the molecule is CCc1csc(N(CCN)CC(F)(F)F)n1. The molecule has 0 aromatic carbocycles. The fourth-order valence-corrected chi connectivity index (χ4v) is 2.15. The number of alkyl halides is 3. The van der Waals surface area contributed by atoms with Gasteiger partial charge in [0.05, 0.1) is 5.69 Å². The minimum Gasteiger partial charge on any atom is -0.338 e. The lowest BCUT2D eigenvalue weighted by molar-refractivity contribution is -0.119. The van der Waals surface area contributed by atoms with E-state index < -0.39 is 12.7 Å². The van der Waals surface area contributed by atoms with Gasteiger partial charge in [-0.1, -0.05) is 6.92 Å². The molecule has 92 valence electrons. The fourth-order valence-electron chi connectivity index (χ4n) is 1.22. The van der Waals surface area contributed by atoms with E-state index in [0.29, 0.717) is 5.13 Å². The molecule has 2 N–H and O–H groups in total. The van der Waals surface area contributed by atoms with Crippen LogP contribution >= 0.6 is 11.3 Å². The molecule has 0 aliphatic carbocycles. The molecule has 0 amide bonds. The van der Waals surface area contributed by atoms with Crippen LogP contribution in [0.15, 0.2) is 5.38 Å². The van der Waals surface area contributed by atoms with Crippen LogP contribution in [0.5, 0.6) is 0 Å². The summed E-state index contributed by atoms with van der Waals surface area (Å²) in [6, 6.07) is 0. The van der Waals surface area contributed by atoms with Crippen molar-refractivity contribution in [3.8, 4) is 0 Å². The van der Waals surface area contributed by atoms with E-state index in [2.05, 4.69) is 4.98 Å². The van der Waals surface area contributed by atoms with Crippen LogP contribution in [0.3, 0.4) is 0 Å². The lowest BCUT2D eigenvalue weighted by atomic mass is 10.4. The van der Waals surface area contributed by atoms with E-state index in [4.69, 9.17) is 5.73 Å². The lowest BCUT2D eigenvalue weighted by Gasteiger charge is -2.22. The molecule has 1 aromatic heterocycles. The smallest absolute Gasteiger partial charge is 0.338 e. The van der Waals surface area contributed by atoms with Gasteiger partial charge in [0.2, 0.25) is 0 Å². The molecule has 0 atom stereocenters. The molecule has 0 saturated carbocycles. The average Bonchev–Trinajstić information content (AvgIpc) is 2.63. The molecule has 16 heavy (non-hydrogen) atoms. The first-order valence-corrected chi connectivity index (χ1v) is 5.80. The second-order valence-corrected chi connectivity index (χ2v) is 4.14. The van der Waals surface area contributed by atoms with Gasteiger partial charge in [-0.05, 0) is 6.42 Å². The number of rotatable bonds is 5. The maximum atomic E-state index is 12.3. The highest BCUT2D eigenvalue weighted by molar-refractivity contribution is 7.13. The van der Waals surface area contributed by atoms with Crippen LogP contribution in [-0.4, -0.2) is 30.8 Å². The van der Waals surface area contributed by atoms with Crippen molar-refractivity contribution in [1.82, 2.24) is 4.98 Å². The second kappa shape index (κ2) is 5.49. The predicted octanol–water partition coefficient (Wildman–Crippen LogP) is 2.03. The van der Waals surface area contributed by atoms with Crippen LogP contribution in [0, 0.1) is 0 Å². The van der Waals surface area contributed by atoms with E-state index in [1.54, 1.807) is 5.38 Å². The number of aryl methyl sites for hydroxylation is 1. The van der Waals surface area contributed by atoms with Crippen molar-refractivity contribution in [2.75, 3.05) is 24.5 Å². The van der Waals surface area contributed by atoms with Gasteiger partial charge < -0.3 is 10.6 Å². The highest BCUT2D eigenvalue weighted by atomic mass is 32.1. The first-order valence-electron chi connectivity index (χ1n) is 4.92. The molecule has 1 heterocycles. The standard InChI is InChI=1S/C9H14F3N3S/c1-2-7-5-16-8(14-7)15(4-3-13)6-9(10,11)12/h5H,2-4,6,13H2,1H3. The van der Waals surface area contributed by atoms with Crippen molar-refractivity contribution in [3.63, 3.8) is 0 Å². The van der Waals surface area contributed by atoms with Gasteiger partial charge in [0.15, 0.2) is 5.13 Å².